The van der Waals surface area contributed by atoms with Crippen LogP contribution in [0, 0.1) is 0 Å². The van der Waals surface area contributed by atoms with Gasteiger partial charge in [0.1, 0.15) is 11.5 Å². The largest absolute Gasteiger partial charge is 0.497 e. The molecule has 0 fully saturated rings. The van der Waals surface area contributed by atoms with Gasteiger partial charge in [-0.15, -0.1) is 0 Å². The van der Waals surface area contributed by atoms with Gasteiger partial charge < -0.3 is 9.47 Å². The summed E-state index contributed by atoms with van der Waals surface area (Å²) < 4.78 is 10.6. The molecule has 0 aromatic heterocycles. The van der Waals surface area contributed by atoms with Gasteiger partial charge in [0.05, 0.1) is 25.6 Å². The second-order valence-electron chi connectivity index (χ2n) is 5.66. The summed E-state index contributed by atoms with van der Waals surface area (Å²) in [6.45, 7) is 0. The van der Waals surface area contributed by atoms with E-state index in [1.54, 1.807) is 26.0 Å². The molecular weight excluding hydrogens is 354 g/mol. The van der Waals surface area contributed by atoms with Gasteiger partial charge in [-0.3, -0.25) is 0 Å². The number of thioether (sulfide) groups is 1. The van der Waals surface area contributed by atoms with Crippen LogP contribution in [0.1, 0.15) is 5.56 Å². The number of aliphatic imine (C=N–C) groups is 1. The molecule has 136 valence electrons. The maximum Gasteiger partial charge on any atom is 0.119 e. The molecule has 3 aromatic carbocycles. The molecule has 0 saturated heterocycles. The van der Waals surface area contributed by atoms with Gasteiger partial charge >= 0.3 is 0 Å². The third-order valence-corrected chi connectivity index (χ3v) is 4.68. The average Bonchev–Trinajstić information content (AvgIpc) is 2.74. The maximum absolute atomic E-state index is 5.35. The minimum absolute atomic E-state index is 0.810. The lowest BCUT2D eigenvalue weighted by atomic mass is 10.1. The summed E-state index contributed by atoms with van der Waals surface area (Å²) in [6, 6.07) is 25.8. The third-order valence-electron chi connectivity index (χ3n) is 3.86. The lowest BCUT2D eigenvalue weighted by Crippen LogP contribution is -1.97. The van der Waals surface area contributed by atoms with E-state index in [-0.39, 0.29) is 0 Å². The molecule has 0 N–H and O–H groups in total. The average molecular weight is 375 g/mol. The van der Waals surface area contributed by atoms with Crippen LogP contribution < -0.4 is 9.47 Å². The van der Waals surface area contributed by atoms with Crippen LogP contribution in [0.3, 0.4) is 0 Å². The Balaban J connectivity index is 1.85. The molecule has 0 aliphatic heterocycles. The van der Waals surface area contributed by atoms with Crippen molar-refractivity contribution >= 4 is 23.2 Å². The molecule has 0 radical (unpaired) electrons. The van der Waals surface area contributed by atoms with Gasteiger partial charge in [-0.05, 0) is 60.0 Å². The molecule has 0 spiro atoms. The molecule has 0 heterocycles. The van der Waals surface area contributed by atoms with Crippen LogP contribution in [0.15, 0.2) is 100 Å². The number of hydrogen-bond acceptors (Lipinski definition) is 4. The Labute approximate surface area is 164 Å². The van der Waals surface area contributed by atoms with Crippen LogP contribution in [-0.4, -0.2) is 19.9 Å². The van der Waals surface area contributed by atoms with Gasteiger partial charge in [0.25, 0.3) is 0 Å². The summed E-state index contributed by atoms with van der Waals surface area (Å²) in [5.74, 6) is 1.66. The van der Waals surface area contributed by atoms with Crippen molar-refractivity contribution in [3.05, 3.63) is 95.9 Å². The molecule has 0 atom stereocenters. The Hall–Kier alpha value is -2.98. The summed E-state index contributed by atoms with van der Waals surface area (Å²) in [4.78, 5) is 5.94. The highest BCUT2D eigenvalue weighted by Gasteiger charge is 2.03. The molecule has 0 unspecified atom stereocenters. The first-order chi connectivity index (χ1) is 13.3. The predicted octanol–water partition coefficient (Wildman–Crippen LogP) is 6.13. The van der Waals surface area contributed by atoms with E-state index in [0.717, 1.165) is 33.4 Å². The van der Waals surface area contributed by atoms with Crippen molar-refractivity contribution in [2.75, 3.05) is 14.2 Å². The number of benzene rings is 3. The Bertz CT molecular complexity index is 919. The van der Waals surface area contributed by atoms with E-state index in [4.69, 9.17) is 14.5 Å². The highest BCUT2D eigenvalue weighted by Crippen LogP contribution is 2.23. The number of hydrogen-bond donors (Lipinski definition) is 0. The second kappa shape index (κ2) is 9.64. The van der Waals surface area contributed by atoms with Crippen LogP contribution >= 0.6 is 11.8 Å². The summed E-state index contributed by atoms with van der Waals surface area (Å²) >= 11 is 1.63. The molecule has 4 heteroatoms. The number of nitrogens with zero attached hydrogens (tertiary/aromatic N) is 1. The zero-order valence-corrected chi connectivity index (χ0v) is 16.1. The fraction of sp³-hybridized carbons (Fsp3) is 0.0870. The van der Waals surface area contributed by atoms with Gasteiger partial charge in [-0.1, -0.05) is 42.1 Å². The molecule has 3 rings (SSSR count). The number of rotatable bonds is 7. The summed E-state index contributed by atoms with van der Waals surface area (Å²) in [5.41, 5.74) is 2.79. The molecule has 3 aromatic rings. The van der Waals surface area contributed by atoms with Crippen LogP contribution in [0.4, 0.5) is 5.69 Å². The Morgan fingerprint density at radius 3 is 2.26 bits per heavy atom. The first-order valence-electron chi connectivity index (χ1n) is 8.54. The zero-order valence-electron chi connectivity index (χ0n) is 15.3. The quantitative estimate of drug-likeness (QED) is 0.368. The minimum Gasteiger partial charge on any atom is -0.497 e. The van der Waals surface area contributed by atoms with Gasteiger partial charge in [-0.2, -0.15) is 0 Å². The van der Waals surface area contributed by atoms with E-state index in [2.05, 4.69) is 0 Å². The third kappa shape index (κ3) is 5.50. The molecular formula is C23H21NO2S. The van der Waals surface area contributed by atoms with Crippen molar-refractivity contribution in [3.63, 3.8) is 0 Å². The van der Waals surface area contributed by atoms with Crippen molar-refractivity contribution in [2.45, 2.75) is 4.90 Å². The van der Waals surface area contributed by atoms with E-state index in [0.29, 0.717) is 0 Å². The smallest absolute Gasteiger partial charge is 0.119 e. The molecule has 3 nitrogen and oxygen atoms in total. The van der Waals surface area contributed by atoms with Gasteiger partial charge in [0, 0.05) is 10.5 Å². The highest BCUT2D eigenvalue weighted by atomic mass is 32.2. The van der Waals surface area contributed by atoms with Gasteiger partial charge in [-0.25, -0.2) is 4.99 Å². The number of allylic oxidation sites excluding steroid dienone is 1. The highest BCUT2D eigenvalue weighted by molar-refractivity contribution is 8.02. The van der Waals surface area contributed by atoms with E-state index >= 15 is 0 Å². The monoisotopic (exact) mass is 375 g/mol. The second-order valence-corrected chi connectivity index (χ2v) is 6.64. The Kier molecular flexibility index (Phi) is 6.72. The van der Waals surface area contributed by atoms with E-state index in [1.807, 2.05) is 90.3 Å². The zero-order chi connectivity index (χ0) is 18.9. The number of ether oxygens (including phenoxy) is 2. The minimum atomic E-state index is 0.810. The molecule has 0 amide bonds. The lowest BCUT2D eigenvalue weighted by molar-refractivity contribution is 0.414. The SMILES string of the molecule is COc1ccc(SC=CC(=Nc2ccccc2)c2cccc(OC)c2)cc1. The Morgan fingerprint density at radius 1 is 0.815 bits per heavy atom. The first kappa shape index (κ1) is 18.8. The summed E-state index contributed by atoms with van der Waals surface area (Å²) in [7, 11) is 3.34. The lowest BCUT2D eigenvalue weighted by Gasteiger charge is -2.06. The number of methoxy groups -OCH3 is 2. The van der Waals surface area contributed by atoms with Crippen molar-refractivity contribution in [1.82, 2.24) is 0 Å². The van der Waals surface area contributed by atoms with Crippen molar-refractivity contribution in [3.8, 4) is 11.5 Å². The summed E-state index contributed by atoms with van der Waals surface area (Å²) in [5, 5.41) is 2.04. The fourth-order valence-corrected chi connectivity index (χ4v) is 3.10. The van der Waals surface area contributed by atoms with Crippen molar-refractivity contribution < 1.29 is 9.47 Å². The van der Waals surface area contributed by atoms with Crippen LogP contribution in [0.5, 0.6) is 11.5 Å². The molecule has 0 aliphatic carbocycles. The molecule has 0 bridgehead atoms. The van der Waals surface area contributed by atoms with Crippen LogP contribution in [-0.2, 0) is 0 Å². The predicted molar refractivity (Wildman–Crippen MR) is 114 cm³/mol. The van der Waals surface area contributed by atoms with Gasteiger partial charge in [0.2, 0.25) is 0 Å². The summed E-state index contributed by atoms with van der Waals surface area (Å²) in [6.07, 6.45) is 2.02. The maximum atomic E-state index is 5.35. The topological polar surface area (TPSA) is 30.8 Å². The molecule has 0 aliphatic rings. The van der Waals surface area contributed by atoms with Crippen molar-refractivity contribution in [1.29, 1.82) is 0 Å². The van der Waals surface area contributed by atoms with E-state index in [1.165, 1.54) is 0 Å². The Morgan fingerprint density at radius 2 is 1.56 bits per heavy atom. The molecule has 27 heavy (non-hydrogen) atoms. The normalized spacial score (nSPS) is 11.6. The van der Waals surface area contributed by atoms with E-state index in [9.17, 15) is 0 Å². The standard InChI is InChI=1S/C23H21NO2S/c1-25-20-11-13-22(14-12-20)27-16-15-23(24-19-8-4-3-5-9-19)18-7-6-10-21(17-18)26-2/h3-17H,1-2H3. The van der Waals surface area contributed by atoms with Gasteiger partial charge in [0.15, 0.2) is 0 Å². The van der Waals surface area contributed by atoms with Crippen LogP contribution in [0.25, 0.3) is 0 Å². The van der Waals surface area contributed by atoms with Crippen molar-refractivity contribution in [2.24, 2.45) is 4.99 Å². The fourth-order valence-electron chi connectivity index (χ4n) is 2.45. The van der Waals surface area contributed by atoms with E-state index < -0.39 is 0 Å². The number of para-hydroxylation sites is 1. The first-order valence-corrected chi connectivity index (χ1v) is 9.42. The molecule has 0 saturated carbocycles. The van der Waals surface area contributed by atoms with Crippen LogP contribution in [0.2, 0.25) is 0 Å².